The third-order valence-electron chi connectivity index (χ3n) is 4.60. The Bertz CT molecular complexity index is 737. The Labute approximate surface area is 150 Å². The summed E-state index contributed by atoms with van der Waals surface area (Å²) in [6, 6.07) is -0.437. The molecule has 2 aromatic heterocycles. The number of piperazine rings is 1. The smallest absolute Gasteiger partial charge is 0.319 e. The molecule has 1 aliphatic heterocycles. The van der Waals surface area contributed by atoms with Gasteiger partial charge in [-0.25, -0.2) is 4.98 Å². The molecular formula is C16H23F2N7O. The number of hydrogen-bond acceptors (Lipinski definition) is 5. The summed E-state index contributed by atoms with van der Waals surface area (Å²) in [7, 11) is 3.55. The fraction of sp³-hybridized carbons (Fsp3) is 0.562. The molecule has 1 unspecified atom stereocenters. The van der Waals surface area contributed by atoms with E-state index in [1.807, 2.05) is 18.1 Å². The van der Waals surface area contributed by atoms with Crippen LogP contribution in [0.1, 0.15) is 24.0 Å². The summed E-state index contributed by atoms with van der Waals surface area (Å²) in [6.45, 7) is 0.0825. The topological polar surface area (TPSA) is 71.2 Å². The van der Waals surface area contributed by atoms with Gasteiger partial charge in [-0.15, -0.1) is 0 Å². The lowest BCUT2D eigenvalue weighted by Crippen LogP contribution is -2.51. The molecule has 8 nitrogen and oxygen atoms in total. The number of amides is 1. The van der Waals surface area contributed by atoms with Gasteiger partial charge in [-0.2, -0.15) is 13.9 Å². The number of rotatable bonds is 6. The highest BCUT2D eigenvalue weighted by Crippen LogP contribution is 2.18. The summed E-state index contributed by atoms with van der Waals surface area (Å²) in [4.78, 5) is 20.6. The van der Waals surface area contributed by atoms with Crippen molar-refractivity contribution in [2.75, 3.05) is 33.2 Å². The molecule has 26 heavy (non-hydrogen) atoms. The maximum atomic E-state index is 12.9. The molecule has 1 aliphatic rings. The molecule has 1 amide bonds. The van der Waals surface area contributed by atoms with Crippen LogP contribution in [-0.4, -0.2) is 68.3 Å². The van der Waals surface area contributed by atoms with Crippen LogP contribution in [0.25, 0.3) is 0 Å². The van der Waals surface area contributed by atoms with Crippen LogP contribution in [0.3, 0.4) is 0 Å². The molecule has 1 saturated heterocycles. The highest BCUT2D eigenvalue weighted by molar-refractivity contribution is 5.83. The van der Waals surface area contributed by atoms with Gasteiger partial charge in [0.25, 0.3) is 0 Å². The first-order valence-electron chi connectivity index (χ1n) is 8.46. The van der Waals surface area contributed by atoms with Gasteiger partial charge in [-0.3, -0.25) is 18.9 Å². The van der Waals surface area contributed by atoms with E-state index in [1.54, 1.807) is 22.8 Å². The lowest BCUT2D eigenvalue weighted by molar-refractivity contribution is -0.135. The van der Waals surface area contributed by atoms with E-state index in [2.05, 4.69) is 15.4 Å². The Morgan fingerprint density at radius 3 is 2.62 bits per heavy atom. The molecule has 1 atom stereocenters. The van der Waals surface area contributed by atoms with Crippen LogP contribution >= 0.6 is 0 Å². The Kier molecular flexibility index (Phi) is 5.62. The largest absolute Gasteiger partial charge is 0.338 e. The number of nitrogens with one attached hydrogen (secondary N) is 1. The van der Waals surface area contributed by atoms with Gasteiger partial charge in [0.1, 0.15) is 11.9 Å². The minimum atomic E-state index is -2.59. The molecule has 0 aliphatic carbocycles. The molecule has 0 saturated carbocycles. The molecule has 142 valence electrons. The summed E-state index contributed by atoms with van der Waals surface area (Å²) >= 11 is 0. The van der Waals surface area contributed by atoms with Gasteiger partial charge in [-0.1, -0.05) is 0 Å². The third kappa shape index (κ3) is 3.91. The number of aromatic nitrogens is 4. The van der Waals surface area contributed by atoms with Crippen molar-refractivity contribution < 1.29 is 13.6 Å². The Hall–Kier alpha value is -2.33. The number of imidazole rings is 1. The zero-order valence-corrected chi connectivity index (χ0v) is 14.8. The number of carbonyl (C=O) groups excluding carboxylic acids is 1. The zero-order valence-electron chi connectivity index (χ0n) is 14.8. The predicted octanol–water partition coefficient (Wildman–Crippen LogP) is 0.617. The van der Waals surface area contributed by atoms with Crippen LogP contribution < -0.4 is 5.32 Å². The molecule has 0 radical (unpaired) electrons. The van der Waals surface area contributed by atoms with E-state index in [9.17, 15) is 13.6 Å². The molecule has 0 aromatic carbocycles. The van der Waals surface area contributed by atoms with Crippen LogP contribution in [-0.2, 0) is 18.4 Å². The number of carbonyl (C=O) groups is 1. The maximum Gasteiger partial charge on any atom is 0.319 e. The highest BCUT2D eigenvalue weighted by Gasteiger charge is 2.29. The van der Waals surface area contributed by atoms with Crippen LogP contribution in [0.2, 0.25) is 0 Å². The maximum absolute atomic E-state index is 12.9. The molecule has 0 spiro atoms. The van der Waals surface area contributed by atoms with Gasteiger partial charge in [0.05, 0.1) is 12.7 Å². The van der Waals surface area contributed by atoms with Crippen molar-refractivity contribution in [3.63, 3.8) is 0 Å². The Balaban J connectivity index is 1.57. The first-order chi connectivity index (χ1) is 12.5. The van der Waals surface area contributed by atoms with Gasteiger partial charge in [-0.05, 0) is 7.05 Å². The van der Waals surface area contributed by atoms with Crippen LogP contribution in [0, 0.1) is 0 Å². The molecular weight excluding hydrogens is 344 g/mol. The normalized spacial score (nSPS) is 17.0. The van der Waals surface area contributed by atoms with E-state index in [0.29, 0.717) is 38.5 Å². The third-order valence-corrected chi connectivity index (χ3v) is 4.60. The standard InChI is InChI=1S/C16H23F2N7O/c1-19-14(12-9-21-22(2)10-12)15(26)24-7-5-23(6-8-24)11-13-20-3-4-25(13)16(17)18/h3-4,9-10,14,16,19H,5-8,11H2,1-2H3. The summed E-state index contributed by atoms with van der Waals surface area (Å²) in [5.41, 5.74) is 0.821. The van der Waals surface area contributed by atoms with Gasteiger partial charge in [0, 0.05) is 57.4 Å². The SMILES string of the molecule is CNC(C(=O)N1CCN(Cc2nccn2C(F)F)CC1)c1cnn(C)c1. The fourth-order valence-electron chi connectivity index (χ4n) is 3.17. The van der Waals surface area contributed by atoms with E-state index in [1.165, 1.54) is 12.4 Å². The van der Waals surface area contributed by atoms with Crippen molar-refractivity contribution in [3.8, 4) is 0 Å². The van der Waals surface area contributed by atoms with E-state index >= 15 is 0 Å². The van der Waals surface area contributed by atoms with Crippen LogP contribution in [0.5, 0.6) is 0 Å². The number of aryl methyl sites for hydroxylation is 1. The lowest BCUT2D eigenvalue weighted by atomic mass is 10.1. The summed E-state index contributed by atoms with van der Waals surface area (Å²) in [5.74, 6) is 0.331. The summed E-state index contributed by atoms with van der Waals surface area (Å²) < 4.78 is 28.4. The van der Waals surface area contributed by atoms with Gasteiger partial charge in [0.2, 0.25) is 5.91 Å². The van der Waals surface area contributed by atoms with Crippen LogP contribution in [0.4, 0.5) is 8.78 Å². The van der Waals surface area contributed by atoms with Gasteiger partial charge >= 0.3 is 6.55 Å². The van der Waals surface area contributed by atoms with Crippen molar-refractivity contribution in [2.45, 2.75) is 19.1 Å². The number of likely N-dealkylation sites (N-methyl/N-ethyl adjacent to an activating group) is 1. The van der Waals surface area contributed by atoms with Crippen molar-refractivity contribution in [1.82, 2.24) is 34.4 Å². The number of nitrogens with zero attached hydrogens (tertiary/aromatic N) is 6. The van der Waals surface area contributed by atoms with E-state index in [0.717, 1.165) is 10.1 Å². The van der Waals surface area contributed by atoms with Crippen molar-refractivity contribution in [2.24, 2.45) is 7.05 Å². The number of hydrogen-bond donors (Lipinski definition) is 1. The molecule has 10 heteroatoms. The number of halogens is 2. The fourth-order valence-corrected chi connectivity index (χ4v) is 3.17. The van der Waals surface area contributed by atoms with Crippen molar-refractivity contribution >= 4 is 5.91 Å². The molecule has 3 heterocycles. The quantitative estimate of drug-likeness (QED) is 0.810. The monoisotopic (exact) mass is 367 g/mol. The Morgan fingerprint density at radius 2 is 2.04 bits per heavy atom. The van der Waals surface area contributed by atoms with E-state index in [4.69, 9.17) is 0 Å². The first-order valence-corrected chi connectivity index (χ1v) is 8.46. The van der Waals surface area contributed by atoms with Crippen molar-refractivity contribution in [3.05, 3.63) is 36.2 Å². The van der Waals surface area contributed by atoms with Gasteiger partial charge < -0.3 is 10.2 Å². The lowest BCUT2D eigenvalue weighted by Gasteiger charge is -2.36. The van der Waals surface area contributed by atoms with Crippen LogP contribution in [0.15, 0.2) is 24.8 Å². The summed E-state index contributed by atoms with van der Waals surface area (Å²) in [5, 5.41) is 7.16. The van der Waals surface area contributed by atoms with E-state index < -0.39 is 12.6 Å². The Morgan fingerprint density at radius 1 is 1.31 bits per heavy atom. The number of alkyl halides is 2. The molecule has 2 aromatic rings. The minimum Gasteiger partial charge on any atom is -0.338 e. The minimum absolute atomic E-state index is 0.00534. The van der Waals surface area contributed by atoms with Crippen molar-refractivity contribution in [1.29, 1.82) is 0 Å². The second kappa shape index (κ2) is 7.92. The average Bonchev–Trinajstić information content (AvgIpc) is 3.25. The molecule has 0 bridgehead atoms. The second-order valence-electron chi connectivity index (χ2n) is 6.30. The molecule has 1 fully saturated rings. The predicted molar refractivity (Wildman–Crippen MR) is 90.3 cm³/mol. The summed E-state index contributed by atoms with van der Waals surface area (Å²) in [6.07, 6.45) is 6.16. The molecule has 3 rings (SSSR count). The van der Waals surface area contributed by atoms with Gasteiger partial charge in [0.15, 0.2) is 0 Å². The molecule has 1 N–H and O–H groups in total. The first kappa shape index (κ1) is 18.5. The second-order valence-corrected chi connectivity index (χ2v) is 6.30. The van der Waals surface area contributed by atoms with E-state index in [-0.39, 0.29) is 5.91 Å². The average molecular weight is 367 g/mol. The zero-order chi connectivity index (χ0) is 18.7. The highest BCUT2D eigenvalue weighted by atomic mass is 19.3.